The Balaban J connectivity index is 1.52. The van der Waals surface area contributed by atoms with Crippen LogP contribution >= 0.6 is 0 Å². The van der Waals surface area contributed by atoms with Crippen LogP contribution in [0.15, 0.2) is 42.5 Å². The number of nitrogens with zero attached hydrogens (tertiary/aromatic N) is 1. The summed E-state index contributed by atoms with van der Waals surface area (Å²) < 4.78 is 20.0. The number of anilines is 1. The molecule has 2 N–H and O–H groups in total. The molecule has 34 heavy (non-hydrogen) atoms. The lowest BCUT2D eigenvalue weighted by atomic mass is 9.93. The molecule has 2 aromatic carbocycles. The lowest BCUT2D eigenvalue weighted by Crippen LogP contribution is -2.41. The molecular weight excluding hydrogens is 433 g/mol. The molecule has 7 heteroatoms. The van der Waals surface area contributed by atoms with Gasteiger partial charge in [-0.3, -0.25) is 9.59 Å². The zero-order valence-electron chi connectivity index (χ0n) is 19.2. The van der Waals surface area contributed by atoms with Crippen molar-refractivity contribution in [1.82, 2.24) is 9.88 Å². The van der Waals surface area contributed by atoms with Crippen molar-refractivity contribution in [3.05, 3.63) is 76.4 Å². The summed E-state index contributed by atoms with van der Waals surface area (Å²) in [4.78, 5) is 30.9. The van der Waals surface area contributed by atoms with Crippen LogP contribution in [-0.2, 0) is 20.7 Å². The van der Waals surface area contributed by atoms with E-state index in [1.54, 1.807) is 24.3 Å². The lowest BCUT2D eigenvalue weighted by Gasteiger charge is -2.27. The summed E-state index contributed by atoms with van der Waals surface area (Å²) in [7, 11) is 0. The van der Waals surface area contributed by atoms with E-state index in [1.165, 1.54) is 6.07 Å². The summed E-state index contributed by atoms with van der Waals surface area (Å²) in [5.41, 5.74) is 6.41. The average molecular weight is 460 g/mol. The summed E-state index contributed by atoms with van der Waals surface area (Å²) in [6, 6.07) is 12.0. The normalized spacial score (nSPS) is 16.6. The number of aryl methyl sites for hydroxylation is 1. The van der Waals surface area contributed by atoms with Crippen LogP contribution in [0, 0.1) is 19.7 Å². The summed E-state index contributed by atoms with van der Waals surface area (Å²) in [5, 5.41) is 2.90. The largest absolute Gasteiger partial charge is 0.378 e. The van der Waals surface area contributed by atoms with Gasteiger partial charge in [-0.05, 0) is 48.7 Å². The van der Waals surface area contributed by atoms with E-state index in [0.29, 0.717) is 60.7 Å². The molecule has 2 aliphatic rings. The summed E-state index contributed by atoms with van der Waals surface area (Å²) in [6.45, 7) is 6.22. The number of amides is 2. The fourth-order valence-electron chi connectivity index (χ4n) is 4.74. The van der Waals surface area contributed by atoms with Gasteiger partial charge in [0, 0.05) is 41.3 Å². The van der Waals surface area contributed by atoms with Gasteiger partial charge < -0.3 is 19.9 Å². The predicted molar refractivity (Wildman–Crippen MR) is 130 cm³/mol. The highest BCUT2D eigenvalue weighted by molar-refractivity contribution is 6.36. The minimum atomic E-state index is -0.342. The van der Waals surface area contributed by atoms with Crippen molar-refractivity contribution in [3.8, 4) is 11.1 Å². The van der Waals surface area contributed by atoms with Gasteiger partial charge in [-0.2, -0.15) is 0 Å². The van der Waals surface area contributed by atoms with Gasteiger partial charge in [0.25, 0.3) is 5.91 Å². The van der Waals surface area contributed by atoms with Gasteiger partial charge in [0.15, 0.2) is 0 Å². The summed E-state index contributed by atoms with van der Waals surface area (Å²) in [5.74, 6) is -0.514. The number of H-pyrrole nitrogens is 1. The van der Waals surface area contributed by atoms with E-state index >= 15 is 0 Å². The van der Waals surface area contributed by atoms with Gasteiger partial charge in [0.1, 0.15) is 5.82 Å². The zero-order chi connectivity index (χ0) is 23.8. The SMILES string of the molecule is Cc1[nH]c(C=C2C(=O)Nc3cccc(-c4ccccc4F)c32)c(C)c1CC(=O)N1CCOCC1. The number of carbonyl (C=O) groups is 2. The van der Waals surface area contributed by atoms with Crippen LogP contribution in [0.2, 0.25) is 0 Å². The molecule has 2 amide bonds. The molecule has 3 aromatic rings. The second-order valence-corrected chi connectivity index (χ2v) is 8.66. The van der Waals surface area contributed by atoms with E-state index in [4.69, 9.17) is 4.74 Å². The number of benzene rings is 2. The quantitative estimate of drug-likeness (QED) is 0.571. The molecule has 0 aliphatic carbocycles. The maximum absolute atomic E-state index is 14.6. The first-order valence-electron chi connectivity index (χ1n) is 11.4. The topological polar surface area (TPSA) is 74.4 Å². The molecule has 1 fully saturated rings. The highest BCUT2D eigenvalue weighted by Gasteiger charge is 2.29. The van der Waals surface area contributed by atoms with Crippen molar-refractivity contribution >= 4 is 29.2 Å². The monoisotopic (exact) mass is 459 g/mol. The molecule has 0 unspecified atom stereocenters. The molecule has 1 aromatic heterocycles. The third kappa shape index (κ3) is 3.92. The smallest absolute Gasteiger partial charge is 0.256 e. The first-order valence-corrected chi connectivity index (χ1v) is 11.4. The van der Waals surface area contributed by atoms with E-state index in [1.807, 2.05) is 36.9 Å². The second kappa shape index (κ2) is 8.91. The number of morpholine rings is 1. The minimum absolute atomic E-state index is 0.0681. The van der Waals surface area contributed by atoms with Crippen LogP contribution in [0.5, 0.6) is 0 Å². The summed E-state index contributed by atoms with van der Waals surface area (Å²) >= 11 is 0. The predicted octanol–water partition coefficient (Wildman–Crippen LogP) is 4.33. The number of hydrogen-bond donors (Lipinski definition) is 2. The Morgan fingerprint density at radius 3 is 2.59 bits per heavy atom. The Bertz CT molecular complexity index is 1320. The molecule has 0 atom stereocenters. The molecule has 0 spiro atoms. The van der Waals surface area contributed by atoms with E-state index in [-0.39, 0.29) is 17.6 Å². The first-order chi connectivity index (χ1) is 16.4. The highest BCUT2D eigenvalue weighted by Crippen LogP contribution is 2.41. The Kier molecular flexibility index (Phi) is 5.79. The average Bonchev–Trinajstić information content (AvgIpc) is 3.30. The molecule has 5 rings (SSSR count). The summed E-state index contributed by atoms with van der Waals surface area (Å²) in [6.07, 6.45) is 2.09. The molecule has 1 saturated heterocycles. The van der Waals surface area contributed by atoms with Gasteiger partial charge in [-0.1, -0.05) is 30.3 Å². The van der Waals surface area contributed by atoms with Crippen LogP contribution in [0.1, 0.15) is 28.1 Å². The van der Waals surface area contributed by atoms with Crippen LogP contribution in [0.3, 0.4) is 0 Å². The van der Waals surface area contributed by atoms with E-state index in [9.17, 15) is 14.0 Å². The Hall–Kier alpha value is -3.71. The minimum Gasteiger partial charge on any atom is -0.378 e. The Morgan fingerprint density at radius 1 is 1.09 bits per heavy atom. The van der Waals surface area contributed by atoms with Crippen molar-refractivity contribution in [2.24, 2.45) is 0 Å². The fourth-order valence-corrected chi connectivity index (χ4v) is 4.74. The van der Waals surface area contributed by atoms with Crippen LogP contribution in [0.4, 0.5) is 10.1 Å². The van der Waals surface area contributed by atoms with E-state index < -0.39 is 0 Å². The van der Waals surface area contributed by atoms with Gasteiger partial charge >= 0.3 is 0 Å². The molecule has 0 radical (unpaired) electrons. The number of halogens is 1. The van der Waals surface area contributed by atoms with Gasteiger partial charge in [0.2, 0.25) is 5.91 Å². The third-order valence-electron chi connectivity index (χ3n) is 6.60. The molecule has 3 heterocycles. The first kappa shape index (κ1) is 22.1. The number of rotatable bonds is 4. The lowest BCUT2D eigenvalue weighted by molar-refractivity contribution is -0.134. The van der Waals surface area contributed by atoms with Crippen LogP contribution < -0.4 is 5.32 Å². The number of carbonyl (C=O) groups excluding carboxylic acids is 2. The molecule has 174 valence electrons. The number of nitrogens with one attached hydrogen (secondary N) is 2. The van der Waals surface area contributed by atoms with E-state index in [2.05, 4.69) is 10.3 Å². The Labute approximate surface area is 197 Å². The van der Waals surface area contributed by atoms with E-state index in [0.717, 1.165) is 22.5 Å². The number of aromatic nitrogens is 1. The van der Waals surface area contributed by atoms with Crippen molar-refractivity contribution in [1.29, 1.82) is 0 Å². The molecule has 0 saturated carbocycles. The van der Waals surface area contributed by atoms with Gasteiger partial charge in [0.05, 0.1) is 25.2 Å². The number of aromatic amines is 1. The second-order valence-electron chi connectivity index (χ2n) is 8.66. The van der Waals surface area contributed by atoms with Crippen LogP contribution in [0.25, 0.3) is 22.8 Å². The van der Waals surface area contributed by atoms with Crippen LogP contribution in [-0.4, -0.2) is 48.0 Å². The standard InChI is InChI=1S/C27H26FN3O3/c1-16-20(15-25(32)31-10-12-34-13-11-31)17(2)29-24(16)14-21-26-19(18-6-3-4-8-22(18)28)7-5-9-23(26)30-27(21)33/h3-9,14,29H,10-13,15H2,1-2H3,(H,30,33). The maximum Gasteiger partial charge on any atom is 0.256 e. The zero-order valence-corrected chi connectivity index (χ0v) is 19.2. The Morgan fingerprint density at radius 2 is 1.82 bits per heavy atom. The molecular formula is C27H26FN3O3. The third-order valence-corrected chi connectivity index (χ3v) is 6.60. The number of fused-ring (bicyclic) bond motifs is 1. The number of ether oxygens (including phenoxy) is 1. The highest BCUT2D eigenvalue weighted by atomic mass is 19.1. The maximum atomic E-state index is 14.6. The van der Waals surface area contributed by atoms with Gasteiger partial charge in [-0.15, -0.1) is 0 Å². The molecule has 0 bridgehead atoms. The molecule has 6 nitrogen and oxygen atoms in total. The van der Waals surface area contributed by atoms with Crippen molar-refractivity contribution in [2.75, 3.05) is 31.6 Å². The molecule has 2 aliphatic heterocycles. The van der Waals surface area contributed by atoms with Crippen molar-refractivity contribution in [3.63, 3.8) is 0 Å². The van der Waals surface area contributed by atoms with Crippen molar-refractivity contribution in [2.45, 2.75) is 20.3 Å². The fraction of sp³-hybridized carbons (Fsp3) is 0.259. The number of hydrogen-bond acceptors (Lipinski definition) is 3. The van der Waals surface area contributed by atoms with Crippen molar-refractivity contribution < 1.29 is 18.7 Å². The van der Waals surface area contributed by atoms with Gasteiger partial charge in [-0.25, -0.2) is 4.39 Å².